The maximum atomic E-state index is 6.21. The van der Waals surface area contributed by atoms with E-state index in [1.165, 1.54) is 17.8 Å². The monoisotopic (exact) mass is 320 g/mol. The summed E-state index contributed by atoms with van der Waals surface area (Å²) in [4.78, 5) is 7.39. The summed E-state index contributed by atoms with van der Waals surface area (Å²) < 4.78 is 2.17. The summed E-state index contributed by atoms with van der Waals surface area (Å²) in [6, 6.07) is 3.92. The van der Waals surface area contributed by atoms with Gasteiger partial charge in [-0.2, -0.15) is 0 Å². The lowest BCUT2D eigenvalue weighted by Gasteiger charge is -2.23. The molecule has 1 saturated heterocycles. The molecule has 3 rings (SSSR count). The summed E-state index contributed by atoms with van der Waals surface area (Å²) in [6.45, 7) is 12.0. The van der Waals surface area contributed by atoms with Crippen molar-refractivity contribution in [2.45, 2.75) is 39.2 Å². The number of aromatic nitrogens is 2. The molecule has 0 aliphatic carbocycles. The number of halogens is 1. The van der Waals surface area contributed by atoms with E-state index in [0.29, 0.717) is 0 Å². The Morgan fingerprint density at radius 3 is 2.82 bits per heavy atom. The summed E-state index contributed by atoms with van der Waals surface area (Å²) in [5.41, 5.74) is 3.45. The smallest absolute Gasteiger partial charge is 0.137 e. The molecule has 0 saturated carbocycles. The van der Waals surface area contributed by atoms with Crippen molar-refractivity contribution in [2.24, 2.45) is 0 Å². The van der Waals surface area contributed by atoms with Crippen LogP contribution in [0, 0.1) is 0 Å². The van der Waals surface area contributed by atoms with Crippen LogP contribution in [0.3, 0.4) is 0 Å². The predicted octanol–water partition coefficient (Wildman–Crippen LogP) is 3.08. The maximum absolute atomic E-state index is 6.21. The zero-order chi connectivity index (χ0) is 15.7. The van der Waals surface area contributed by atoms with Gasteiger partial charge in [-0.05, 0) is 31.6 Å². The summed E-state index contributed by atoms with van der Waals surface area (Å²) in [5.74, 6) is 0. The highest BCUT2D eigenvalue weighted by Gasteiger charge is 2.25. The van der Waals surface area contributed by atoms with Gasteiger partial charge in [-0.1, -0.05) is 32.4 Å². The number of nitrogens with zero attached hydrogens (tertiary/aromatic N) is 3. The number of fused-ring (bicyclic) bond motifs is 1. The van der Waals surface area contributed by atoms with Crippen molar-refractivity contribution in [2.75, 3.05) is 26.2 Å². The van der Waals surface area contributed by atoms with E-state index in [1.807, 2.05) is 18.3 Å². The van der Waals surface area contributed by atoms with Crippen LogP contribution < -0.4 is 5.32 Å². The molecule has 0 atom stereocenters. The molecule has 1 fully saturated rings. The molecule has 0 amide bonds. The standard InChI is InChI=1S/C17H25ClN4/c1-17(2,3)16-14(12-21-9-4-7-19-8-10-21)22-11-13(18)5-6-15(22)20-16/h5-6,11,19H,4,7-10,12H2,1-3H3. The lowest BCUT2D eigenvalue weighted by atomic mass is 9.90. The summed E-state index contributed by atoms with van der Waals surface area (Å²) in [7, 11) is 0. The van der Waals surface area contributed by atoms with Gasteiger partial charge in [0.05, 0.1) is 16.4 Å². The van der Waals surface area contributed by atoms with E-state index < -0.39 is 0 Å². The number of pyridine rings is 1. The van der Waals surface area contributed by atoms with Gasteiger partial charge in [-0.25, -0.2) is 4.98 Å². The van der Waals surface area contributed by atoms with Crippen LogP contribution in [-0.4, -0.2) is 40.5 Å². The van der Waals surface area contributed by atoms with E-state index in [-0.39, 0.29) is 5.41 Å². The third kappa shape index (κ3) is 3.29. The van der Waals surface area contributed by atoms with Crippen LogP contribution in [-0.2, 0) is 12.0 Å². The fraction of sp³-hybridized carbons (Fsp3) is 0.588. The van der Waals surface area contributed by atoms with Crippen LogP contribution in [0.25, 0.3) is 5.65 Å². The van der Waals surface area contributed by atoms with Crippen LogP contribution in [0.5, 0.6) is 0 Å². The lowest BCUT2D eigenvalue weighted by molar-refractivity contribution is 0.278. The number of nitrogens with one attached hydrogen (secondary N) is 1. The van der Waals surface area contributed by atoms with E-state index in [4.69, 9.17) is 16.6 Å². The second kappa shape index (κ2) is 6.19. The van der Waals surface area contributed by atoms with E-state index >= 15 is 0 Å². The molecule has 0 aromatic carbocycles. The Morgan fingerprint density at radius 2 is 2.05 bits per heavy atom. The molecule has 5 heteroatoms. The van der Waals surface area contributed by atoms with Gasteiger partial charge in [0.2, 0.25) is 0 Å². The Morgan fingerprint density at radius 1 is 1.23 bits per heavy atom. The van der Waals surface area contributed by atoms with Crippen LogP contribution in [0.2, 0.25) is 5.02 Å². The molecule has 2 aromatic rings. The molecule has 0 unspecified atom stereocenters. The van der Waals surface area contributed by atoms with Gasteiger partial charge < -0.3 is 9.72 Å². The number of imidazole rings is 1. The molecule has 1 aliphatic rings. The van der Waals surface area contributed by atoms with Crippen molar-refractivity contribution in [1.82, 2.24) is 19.6 Å². The van der Waals surface area contributed by atoms with Crippen LogP contribution in [0.15, 0.2) is 18.3 Å². The second-order valence-electron chi connectivity index (χ2n) is 7.11. The average Bonchev–Trinajstić information content (AvgIpc) is 2.63. The van der Waals surface area contributed by atoms with E-state index in [9.17, 15) is 0 Å². The molecule has 22 heavy (non-hydrogen) atoms. The minimum atomic E-state index is 0.0257. The molecule has 0 radical (unpaired) electrons. The Balaban J connectivity index is 2.02. The van der Waals surface area contributed by atoms with Crippen LogP contribution in [0.4, 0.5) is 0 Å². The van der Waals surface area contributed by atoms with Gasteiger partial charge in [0.1, 0.15) is 5.65 Å². The molecule has 3 heterocycles. The van der Waals surface area contributed by atoms with Gasteiger partial charge in [-0.15, -0.1) is 0 Å². The Kier molecular flexibility index (Phi) is 4.44. The molecule has 1 aliphatic heterocycles. The SMILES string of the molecule is CC(C)(C)c1nc2ccc(Cl)cn2c1CN1CCCNCC1. The summed E-state index contributed by atoms with van der Waals surface area (Å²) in [5, 5.41) is 4.22. The third-order valence-electron chi connectivity index (χ3n) is 4.20. The largest absolute Gasteiger partial charge is 0.315 e. The van der Waals surface area contributed by atoms with Crippen molar-refractivity contribution in [1.29, 1.82) is 0 Å². The first kappa shape index (κ1) is 15.8. The maximum Gasteiger partial charge on any atom is 0.137 e. The summed E-state index contributed by atoms with van der Waals surface area (Å²) >= 11 is 6.21. The summed E-state index contributed by atoms with van der Waals surface area (Å²) in [6.07, 6.45) is 3.19. The Hall–Kier alpha value is -1.10. The van der Waals surface area contributed by atoms with Crippen LogP contribution >= 0.6 is 11.6 Å². The van der Waals surface area contributed by atoms with Gasteiger partial charge in [0.15, 0.2) is 0 Å². The molecule has 1 N–H and O–H groups in total. The second-order valence-corrected chi connectivity index (χ2v) is 7.55. The average molecular weight is 321 g/mol. The number of hydrogen-bond acceptors (Lipinski definition) is 3. The molecule has 0 bridgehead atoms. The zero-order valence-electron chi connectivity index (χ0n) is 13.7. The van der Waals surface area contributed by atoms with Gasteiger partial charge in [0, 0.05) is 31.2 Å². The highest BCUT2D eigenvalue weighted by molar-refractivity contribution is 6.30. The first-order valence-corrected chi connectivity index (χ1v) is 8.43. The van der Waals surface area contributed by atoms with Crippen molar-refractivity contribution in [3.05, 3.63) is 34.7 Å². The van der Waals surface area contributed by atoms with Gasteiger partial charge in [-0.3, -0.25) is 4.90 Å². The molecule has 0 spiro atoms. The fourth-order valence-corrected chi connectivity index (χ4v) is 3.25. The minimum Gasteiger partial charge on any atom is -0.315 e. The van der Waals surface area contributed by atoms with Crippen molar-refractivity contribution in [3.63, 3.8) is 0 Å². The van der Waals surface area contributed by atoms with E-state index in [2.05, 4.69) is 35.4 Å². The van der Waals surface area contributed by atoms with Crippen molar-refractivity contribution < 1.29 is 0 Å². The molecule has 2 aromatic heterocycles. The predicted molar refractivity (Wildman–Crippen MR) is 91.7 cm³/mol. The topological polar surface area (TPSA) is 32.6 Å². The molecular weight excluding hydrogens is 296 g/mol. The quantitative estimate of drug-likeness (QED) is 0.923. The fourth-order valence-electron chi connectivity index (χ4n) is 3.09. The first-order valence-electron chi connectivity index (χ1n) is 8.05. The van der Waals surface area contributed by atoms with Crippen molar-refractivity contribution in [3.8, 4) is 0 Å². The van der Waals surface area contributed by atoms with Gasteiger partial charge >= 0.3 is 0 Å². The minimum absolute atomic E-state index is 0.0257. The van der Waals surface area contributed by atoms with Crippen LogP contribution in [0.1, 0.15) is 38.6 Å². The number of rotatable bonds is 2. The zero-order valence-corrected chi connectivity index (χ0v) is 14.5. The third-order valence-corrected chi connectivity index (χ3v) is 4.42. The van der Waals surface area contributed by atoms with E-state index in [1.54, 1.807) is 0 Å². The molecule has 4 nitrogen and oxygen atoms in total. The highest BCUT2D eigenvalue weighted by atomic mass is 35.5. The van der Waals surface area contributed by atoms with Crippen molar-refractivity contribution >= 4 is 17.2 Å². The Labute approximate surface area is 137 Å². The van der Waals surface area contributed by atoms with Gasteiger partial charge in [0.25, 0.3) is 0 Å². The highest BCUT2D eigenvalue weighted by Crippen LogP contribution is 2.28. The van der Waals surface area contributed by atoms with E-state index in [0.717, 1.165) is 43.4 Å². The lowest BCUT2D eigenvalue weighted by Crippen LogP contribution is -2.29. The molecular formula is C17H25ClN4. The first-order chi connectivity index (χ1) is 10.4. The Bertz CT molecular complexity index is 648. The number of hydrogen-bond donors (Lipinski definition) is 1. The normalized spacial score (nSPS) is 17.8. The molecule has 120 valence electrons.